The van der Waals surface area contributed by atoms with E-state index in [1.807, 2.05) is 35.6 Å². The minimum absolute atomic E-state index is 0.356. The maximum atomic E-state index is 11.5. The molecule has 0 atom stereocenters. The second kappa shape index (κ2) is 11.5. The van der Waals surface area contributed by atoms with Crippen LogP contribution in [0.3, 0.4) is 0 Å². The molecule has 1 heterocycles. The van der Waals surface area contributed by atoms with Gasteiger partial charge in [-0.15, -0.1) is 11.3 Å². The van der Waals surface area contributed by atoms with Gasteiger partial charge in [0.2, 0.25) is 0 Å². The van der Waals surface area contributed by atoms with E-state index < -0.39 is 0 Å². The average molecular weight is 419 g/mol. The van der Waals surface area contributed by atoms with Gasteiger partial charge in [0.25, 0.3) is 0 Å². The van der Waals surface area contributed by atoms with Crippen molar-refractivity contribution < 1.29 is 9.53 Å². The van der Waals surface area contributed by atoms with Crippen LogP contribution < -0.4 is 4.74 Å². The Bertz CT molecular complexity index is 949. The van der Waals surface area contributed by atoms with Crippen LogP contribution in [0.25, 0.3) is 21.6 Å². The van der Waals surface area contributed by atoms with E-state index in [1.54, 1.807) is 13.0 Å². The van der Waals surface area contributed by atoms with Crippen molar-refractivity contribution in [2.24, 2.45) is 0 Å². The van der Waals surface area contributed by atoms with Crippen LogP contribution in [-0.2, 0) is 11.2 Å². The Morgan fingerprint density at radius 2 is 1.47 bits per heavy atom. The molecule has 156 valence electrons. The van der Waals surface area contributed by atoms with Crippen LogP contribution in [0.5, 0.6) is 5.75 Å². The van der Waals surface area contributed by atoms with Gasteiger partial charge in [-0.05, 0) is 60.7 Å². The number of thiophene rings is 1. The second-order valence-corrected chi connectivity index (χ2v) is 8.62. The summed E-state index contributed by atoms with van der Waals surface area (Å²) in [7, 11) is 0. The highest BCUT2D eigenvalue weighted by atomic mass is 32.1. The quantitative estimate of drug-likeness (QED) is 0.144. The molecule has 30 heavy (non-hydrogen) atoms. The molecule has 0 bridgehead atoms. The molecular formula is C27H30O2S. The molecule has 0 N–H and O–H groups in total. The number of carbonyl (C=O) groups excluding carboxylic acids is 1. The smallest absolute Gasteiger partial charge is 0.335 e. The summed E-state index contributed by atoms with van der Waals surface area (Å²) < 4.78 is 5.25. The maximum Gasteiger partial charge on any atom is 0.335 e. The summed E-state index contributed by atoms with van der Waals surface area (Å²) in [6.07, 6.45) is 10.9. The van der Waals surface area contributed by atoms with Gasteiger partial charge in [0.05, 0.1) is 0 Å². The normalized spacial score (nSPS) is 11.1. The fourth-order valence-corrected chi connectivity index (χ4v) is 4.45. The SMILES string of the molecule is CC=CC(=O)Oc1ccc(-c2ccc(-c3ccc(CCCCCCC)s3)cc2)cc1. The van der Waals surface area contributed by atoms with Crippen LogP contribution in [0, 0.1) is 0 Å². The van der Waals surface area contributed by atoms with Crippen LogP contribution in [0.15, 0.2) is 72.8 Å². The number of benzene rings is 2. The van der Waals surface area contributed by atoms with Crippen LogP contribution in [-0.4, -0.2) is 5.97 Å². The number of aryl methyl sites for hydroxylation is 1. The largest absolute Gasteiger partial charge is 0.423 e. The summed E-state index contributed by atoms with van der Waals surface area (Å²) in [6, 6.07) is 20.8. The van der Waals surface area contributed by atoms with Crippen molar-refractivity contribution in [3.8, 4) is 27.3 Å². The predicted molar refractivity (Wildman–Crippen MR) is 128 cm³/mol. The molecule has 2 aromatic carbocycles. The lowest BCUT2D eigenvalue weighted by Crippen LogP contribution is -2.03. The standard InChI is InChI=1S/C27H30O2S/c1-3-5-6-7-8-10-25-19-20-26(30-25)23-13-11-21(12-14-23)22-15-17-24(18-16-22)29-27(28)9-4-2/h4,9,11-20H,3,5-8,10H2,1-2H3. The van der Waals surface area contributed by atoms with Crippen molar-refractivity contribution in [2.75, 3.05) is 0 Å². The fraction of sp³-hybridized carbons (Fsp3) is 0.296. The summed E-state index contributed by atoms with van der Waals surface area (Å²) >= 11 is 1.91. The summed E-state index contributed by atoms with van der Waals surface area (Å²) in [5.41, 5.74) is 3.52. The monoisotopic (exact) mass is 418 g/mol. The van der Waals surface area contributed by atoms with Gasteiger partial charge < -0.3 is 4.74 Å². The number of allylic oxidation sites excluding steroid dienone is 1. The lowest BCUT2D eigenvalue weighted by Gasteiger charge is -2.06. The molecule has 3 aromatic rings. The number of carbonyl (C=O) groups is 1. The molecular weight excluding hydrogens is 388 g/mol. The highest BCUT2D eigenvalue weighted by Crippen LogP contribution is 2.31. The summed E-state index contributed by atoms with van der Waals surface area (Å²) in [4.78, 5) is 14.3. The van der Waals surface area contributed by atoms with Crippen molar-refractivity contribution in [1.29, 1.82) is 0 Å². The number of unbranched alkanes of at least 4 members (excludes halogenated alkanes) is 4. The number of hydrogen-bond donors (Lipinski definition) is 0. The number of ether oxygens (including phenoxy) is 1. The first-order valence-corrected chi connectivity index (χ1v) is 11.7. The number of esters is 1. The number of rotatable bonds is 10. The minimum atomic E-state index is -0.356. The van der Waals surface area contributed by atoms with E-state index in [2.05, 4.69) is 43.3 Å². The first-order chi connectivity index (χ1) is 14.7. The first-order valence-electron chi connectivity index (χ1n) is 10.8. The van der Waals surface area contributed by atoms with Crippen LogP contribution in [0.4, 0.5) is 0 Å². The highest BCUT2D eigenvalue weighted by molar-refractivity contribution is 7.15. The highest BCUT2D eigenvalue weighted by Gasteiger charge is 2.05. The van der Waals surface area contributed by atoms with E-state index in [0.717, 1.165) is 11.1 Å². The molecule has 0 spiro atoms. The second-order valence-electron chi connectivity index (χ2n) is 7.45. The fourth-order valence-electron chi connectivity index (χ4n) is 3.40. The van der Waals surface area contributed by atoms with E-state index >= 15 is 0 Å². The van der Waals surface area contributed by atoms with Gasteiger partial charge in [-0.3, -0.25) is 0 Å². The van der Waals surface area contributed by atoms with E-state index in [9.17, 15) is 4.79 Å². The zero-order valence-corrected chi connectivity index (χ0v) is 18.7. The van der Waals surface area contributed by atoms with Crippen molar-refractivity contribution in [3.05, 3.63) is 77.7 Å². The molecule has 0 aliphatic heterocycles. The van der Waals surface area contributed by atoms with Crippen molar-refractivity contribution in [1.82, 2.24) is 0 Å². The average Bonchev–Trinajstić information content (AvgIpc) is 3.23. The molecule has 0 unspecified atom stereocenters. The first kappa shape index (κ1) is 22.0. The molecule has 1 aromatic heterocycles. The van der Waals surface area contributed by atoms with Crippen LogP contribution in [0.1, 0.15) is 50.8 Å². The zero-order chi connectivity index (χ0) is 21.2. The molecule has 0 aliphatic rings. The lowest BCUT2D eigenvalue weighted by molar-refractivity contribution is -0.129. The molecule has 3 heteroatoms. The molecule has 3 rings (SSSR count). The Kier molecular flexibility index (Phi) is 8.46. The number of hydrogen-bond acceptors (Lipinski definition) is 3. The Morgan fingerprint density at radius 3 is 2.13 bits per heavy atom. The topological polar surface area (TPSA) is 26.3 Å². The zero-order valence-electron chi connectivity index (χ0n) is 17.9. The molecule has 0 radical (unpaired) electrons. The molecule has 2 nitrogen and oxygen atoms in total. The Labute approximate surface area is 184 Å². The van der Waals surface area contributed by atoms with E-state index in [-0.39, 0.29) is 5.97 Å². The van der Waals surface area contributed by atoms with Gasteiger partial charge in [-0.2, -0.15) is 0 Å². The third-order valence-corrected chi connectivity index (χ3v) is 6.26. The van der Waals surface area contributed by atoms with Crippen molar-refractivity contribution in [2.45, 2.75) is 52.4 Å². The molecule has 0 aliphatic carbocycles. The minimum Gasteiger partial charge on any atom is -0.423 e. The molecule has 0 fully saturated rings. The maximum absolute atomic E-state index is 11.5. The molecule has 0 saturated carbocycles. The Morgan fingerprint density at radius 1 is 0.833 bits per heavy atom. The predicted octanol–water partition coefficient (Wildman–Crippen LogP) is 8.08. The van der Waals surface area contributed by atoms with E-state index in [0.29, 0.717) is 5.75 Å². The summed E-state index contributed by atoms with van der Waals surface area (Å²) in [5.74, 6) is 0.199. The third kappa shape index (κ3) is 6.43. The van der Waals surface area contributed by atoms with Gasteiger partial charge in [0.15, 0.2) is 0 Å². The third-order valence-electron chi connectivity index (χ3n) is 5.07. The van der Waals surface area contributed by atoms with Gasteiger partial charge in [-0.25, -0.2) is 4.79 Å². The van der Waals surface area contributed by atoms with Crippen molar-refractivity contribution in [3.63, 3.8) is 0 Å². The van der Waals surface area contributed by atoms with Gasteiger partial charge >= 0.3 is 5.97 Å². The Balaban J connectivity index is 1.59. The lowest BCUT2D eigenvalue weighted by atomic mass is 10.0. The summed E-state index contributed by atoms with van der Waals surface area (Å²) in [5, 5.41) is 0. The van der Waals surface area contributed by atoms with Gasteiger partial charge in [0.1, 0.15) is 5.75 Å². The van der Waals surface area contributed by atoms with Crippen LogP contribution >= 0.6 is 11.3 Å². The van der Waals surface area contributed by atoms with E-state index in [4.69, 9.17) is 4.74 Å². The molecule has 0 saturated heterocycles. The van der Waals surface area contributed by atoms with Crippen LogP contribution in [0.2, 0.25) is 0 Å². The Hall–Kier alpha value is -2.65. The van der Waals surface area contributed by atoms with Crippen molar-refractivity contribution >= 4 is 17.3 Å². The van der Waals surface area contributed by atoms with Gasteiger partial charge in [0, 0.05) is 15.8 Å². The summed E-state index contributed by atoms with van der Waals surface area (Å²) in [6.45, 7) is 4.05. The van der Waals surface area contributed by atoms with E-state index in [1.165, 1.54) is 59.9 Å². The molecule has 0 amide bonds. The van der Waals surface area contributed by atoms with Gasteiger partial charge in [-0.1, -0.05) is 75.1 Å².